The smallest absolute Gasteiger partial charge is 0.161 e. The number of nitrogens with zero attached hydrogens (tertiary/aromatic N) is 2. The molecule has 1 N–H and O–H groups in total. The molecule has 6 nitrogen and oxygen atoms in total. The quantitative estimate of drug-likeness (QED) is 0.306. The molecular weight excluding hydrogens is 426 g/mol. The number of fused-ring (bicyclic) bond motifs is 2. The lowest BCUT2D eigenvalue weighted by atomic mass is 9.97. The molecule has 0 radical (unpaired) electrons. The fourth-order valence-corrected chi connectivity index (χ4v) is 4.37. The second-order valence-corrected chi connectivity index (χ2v) is 8.22. The summed E-state index contributed by atoms with van der Waals surface area (Å²) < 4.78 is 16.9. The van der Waals surface area contributed by atoms with Crippen molar-refractivity contribution in [1.29, 1.82) is 0 Å². The van der Waals surface area contributed by atoms with Gasteiger partial charge in [-0.2, -0.15) is 0 Å². The van der Waals surface area contributed by atoms with E-state index in [4.69, 9.17) is 24.2 Å². The van der Waals surface area contributed by atoms with Gasteiger partial charge in [-0.15, -0.1) is 0 Å². The average Bonchev–Trinajstić information content (AvgIpc) is 2.85. The third-order valence-corrected chi connectivity index (χ3v) is 5.94. The van der Waals surface area contributed by atoms with Gasteiger partial charge in [0.2, 0.25) is 0 Å². The maximum Gasteiger partial charge on any atom is 0.161 e. The Bertz CT molecular complexity index is 1300. The first-order chi connectivity index (χ1) is 16.6. The van der Waals surface area contributed by atoms with E-state index in [2.05, 4.69) is 37.4 Å². The second-order valence-electron chi connectivity index (χ2n) is 8.22. The molecule has 2 aromatic carbocycles. The number of aromatic nitrogens is 2. The van der Waals surface area contributed by atoms with Crippen LogP contribution in [0.15, 0.2) is 42.6 Å². The SMILES string of the molecule is CCCc1ncc(Cc2cc3cc(OCC)ccc3nc2NCC)c2cc(OC)c(OC)cc12. The number of hydrogen-bond donors (Lipinski definition) is 1. The maximum atomic E-state index is 5.71. The van der Waals surface area contributed by atoms with E-state index in [0.29, 0.717) is 13.0 Å². The minimum absolute atomic E-state index is 0.633. The molecule has 6 heteroatoms. The van der Waals surface area contributed by atoms with E-state index < -0.39 is 0 Å². The molecule has 0 unspecified atom stereocenters. The van der Waals surface area contributed by atoms with Crippen LogP contribution in [0.5, 0.6) is 17.2 Å². The monoisotopic (exact) mass is 459 g/mol. The lowest BCUT2D eigenvalue weighted by molar-refractivity contribution is 0.340. The summed E-state index contributed by atoms with van der Waals surface area (Å²) in [6.07, 6.45) is 4.62. The Kier molecular flexibility index (Phi) is 7.36. The Morgan fingerprint density at radius 3 is 2.32 bits per heavy atom. The van der Waals surface area contributed by atoms with Gasteiger partial charge in [-0.05, 0) is 73.2 Å². The van der Waals surface area contributed by atoms with Gasteiger partial charge < -0.3 is 19.5 Å². The molecular formula is C28H33N3O3. The topological polar surface area (TPSA) is 65.5 Å². The molecule has 0 spiro atoms. The molecule has 0 bridgehead atoms. The van der Waals surface area contributed by atoms with Gasteiger partial charge in [0.15, 0.2) is 11.5 Å². The van der Waals surface area contributed by atoms with E-state index in [-0.39, 0.29) is 0 Å². The van der Waals surface area contributed by atoms with Crippen molar-refractivity contribution in [1.82, 2.24) is 9.97 Å². The Morgan fingerprint density at radius 2 is 1.65 bits per heavy atom. The van der Waals surface area contributed by atoms with Crippen LogP contribution in [0.2, 0.25) is 0 Å². The van der Waals surface area contributed by atoms with Gasteiger partial charge in [-0.3, -0.25) is 4.98 Å². The van der Waals surface area contributed by atoms with Crippen molar-refractivity contribution in [3.8, 4) is 17.2 Å². The number of hydrogen-bond acceptors (Lipinski definition) is 6. The zero-order valence-corrected chi connectivity index (χ0v) is 20.7. The zero-order valence-electron chi connectivity index (χ0n) is 20.7. The summed E-state index contributed by atoms with van der Waals surface area (Å²) in [6, 6.07) is 12.4. The normalized spacial score (nSPS) is 11.1. The number of rotatable bonds is 10. The van der Waals surface area contributed by atoms with Crippen LogP contribution in [0.3, 0.4) is 0 Å². The van der Waals surface area contributed by atoms with E-state index in [9.17, 15) is 0 Å². The largest absolute Gasteiger partial charge is 0.494 e. The van der Waals surface area contributed by atoms with Crippen molar-refractivity contribution in [2.24, 2.45) is 0 Å². The van der Waals surface area contributed by atoms with Gasteiger partial charge in [0.05, 0.1) is 26.3 Å². The van der Waals surface area contributed by atoms with Gasteiger partial charge in [-0.25, -0.2) is 4.98 Å². The lowest BCUT2D eigenvalue weighted by Gasteiger charge is -2.16. The molecule has 0 amide bonds. The summed E-state index contributed by atoms with van der Waals surface area (Å²) in [6.45, 7) is 7.67. The molecule has 178 valence electrons. The molecule has 0 aliphatic rings. The first kappa shape index (κ1) is 23.6. The molecule has 4 aromatic rings. The van der Waals surface area contributed by atoms with Crippen molar-refractivity contribution in [3.63, 3.8) is 0 Å². The summed E-state index contributed by atoms with van der Waals surface area (Å²) in [5.74, 6) is 3.18. The van der Waals surface area contributed by atoms with Crippen molar-refractivity contribution in [3.05, 3.63) is 59.4 Å². The summed E-state index contributed by atoms with van der Waals surface area (Å²) >= 11 is 0. The summed E-state index contributed by atoms with van der Waals surface area (Å²) in [5.41, 5.74) is 4.25. The van der Waals surface area contributed by atoms with Gasteiger partial charge in [0.1, 0.15) is 11.6 Å². The number of pyridine rings is 2. The van der Waals surface area contributed by atoms with E-state index >= 15 is 0 Å². The fraction of sp³-hybridized carbons (Fsp3) is 0.357. The van der Waals surface area contributed by atoms with Gasteiger partial charge in [-0.1, -0.05) is 13.3 Å². The van der Waals surface area contributed by atoms with Crippen molar-refractivity contribution < 1.29 is 14.2 Å². The number of nitrogens with one attached hydrogen (secondary N) is 1. The van der Waals surface area contributed by atoms with Gasteiger partial charge in [0.25, 0.3) is 0 Å². The number of anilines is 1. The Hall–Kier alpha value is -3.54. The van der Waals surface area contributed by atoms with Crippen LogP contribution in [-0.2, 0) is 12.8 Å². The van der Waals surface area contributed by atoms with Crippen LogP contribution in [0.25, 0.3) is 21.7 Å². The molecule has 0 aliphatic heterocycles. The van der Waals surface area contributed by atoms with E-state index in [0.717, 1.165) is 80.9 Å². The van der Waals surface area contributed by atoms with Crippen LogP contribution < -0.4 is 19.5 Å². The minimum atomic E-state index is 0.633. The van der Waals surface area contributed by atoms with Crippen LogP contribution in [-0.4, -0.2) is 37.3 Å². The van der Waals surface area contributed by atoms with E-state index in [1.54, 1.807) is 14.2 Å². The summed E-state index contributed by atoms with van der Waals surface area (Å²) in [5, 5.41) is 6.73. The highest BCUT2D eigenvalue weighted by Gasteiger charge is 2.16. The summed E-state index contributed by atoms with van der Waals surface area (Å²) in [4.78, 5) is 9.76. The lowest BCUT2D eigenvalue weighted by Crippen LogP contribution is -2.06. The second kappa shape index (κ2) is 10.6. The Labute approximate surface area is 201 Å². The number of benzene rings is 2. The molecule has 0 aliphatic carbocycles. The molecule has 4 rings (SSSR count). The minimum Gasteiger partial charge on any atom is -0.494 e. The predicted octanol–water partition coefficient (Wildman–Crippen LogP) is 6.17. The highest BCUT2D eigenvalue weighted by molar-refractivity contribution is 5.91. The van der Waals surface area contributed by atoms with Crippen molar-refractivity contribution in [2.45, 2.75) is 40.0 Å². The van der Waals surface area contributed by atoms with Gasteiger partial charge in [0, 0.05) is 35.6 Å². The maximum absolute atomic E-state index is 5.71. The van der Waals surface area contributed by atoms with Crippen molar-refractivity contribution in [2.75, 3.05) is 32.7 Å². The predicted molar refractivity (Wildman–Crippen MR) is 139 cm³/mol. The third-order valence-electron chi connectivity index (χ3n) is 5.94. The molecule has 0 saturated heterocycles. The standard InChI is InChI=1S/C28H33N3O3/c1-6-9-25-23-16-27(33-5)26(32-4)15-22(23)20(17-30-25)13-19-12-18-14-21(34-8-3)10-11-24(18)31-28(19)29-7-2/h10-12,14-17H,6-9,13H2,1-5H3,(H,29,31). The highest BCUT2D eigenvalue weighted by Crippen LogP contribution is 2.36. The number of ether oxygens (including phenoxy) is 3. The van der Waals surface area contributed by atoms with Crippen LogP contribution >= 0.6 is 0 Å². The first-order valence-corrected chi connectivity index (χ1v) is 11.9. The molecule has 2 aromatic heterocycles. The molecule has 34 heavy (non-hydrogen) atoms. The fourth-order valence-electron chi connectivity index (χ4n) is 4.37. The highest BCUT2D eigenvalue weighted by atomic mass is 16.5. The number of aryl methyl sites for hydroxylation is 1. The van der Waals surface area contributed by atoms with Crippen molar-refractivity contribution >= 4 is 27.5 Å². The van der Waals surface area contributed by atoms with Crippen LogP contribution in [0, 0.1) is 0 Å². The van der Waals surface area contributed by atoms with Gasteiger partial charge >= 0.3 is 0 Å². The van der Waals surface area contributed by atoms with E-state index in [1.807, 2.05) is 31.3 Å². The van der Waals surface area contributed by atoms with E-state index in [1.165, 1.54) is 0 Å². The first-order valence-electron chi connectivity index (χ1n) is 11.9. The van der Waals surface area contributed by atoms with Crippen LogP contribution in [0.4, 0.5) is 5.82 Å². The molecule has 2 heterocycles. The Balaban J connectivity index is 1.86. The zero-order chi connectivity index (χ0) is 24.1. The molecule has 0 atom stereocenters. The van der Waals surface area contributed by atoms with Crippen LogP contribution in [0.1, 0.15) is 44.0 Å². The number of methoxy groups -OCH3 is 2. The average molecular weight is 460 g/mol. The molecule has 0 saturated carbocycles. The third kappa shape index (κ3) is 4.72. The summed E-state index contributed by atoms with van der Waals surface area (Å²) in [7, 11) is 3.34. The Morgan fingerprint density at radius 1 is 0.882 bits per heavy atom. The molecule has 0 fully saturated rings.